The quantitative estimate of drug-likeness (QED) is 0.904. The van der Waals surface area contributed by atoms with Gasteiger partial charge in [-0.2, -0.15) is 0 Å². The predicted molar refractivity (Wildman–Crippen MR) is 80.4 cm³/mol. The molecular formula is C15H19NO5S. The molecule has 1 N–H and O–H groups in total. The van der Waals surface area contributed by atoms with E-state index in [1.54, 1.807) is 26.0 Å². The Hall–Kier alpha value is -1.89. The van der Waals surface area contributed by atoms with Gasteiger partial charge in [-0.15, -0.1) is 0 Å². The molecule has 1 aliphatic rings. The first-order valence-corrected chi connectivity index (χ1v) is 8.64. The highest BCUT2D eigenvalue weighted by Crippen LogP contribution is 2.25. The second kappa shape index (κ2) is 6.08. The van der Waals surface area contributed by atoms with E-state index in [2.05, 4.69) is 0 Å². The highest BCUT2D eigenvalue weighted by Gasteiger charge is 2.33. The average molecular weight is 325 g/mol. The Kier molecular flexibility index (Phi) is 4.55. The van der Waals surface area contributed by atoms with Crippen LogP contribution in [0.3, 0.4) is 0 Å². The summed E-state index contributed by atoms with van der Waals surface area (Å²) < 4.78 is 24.8. The highest BCUT2D eigenvalue weighted by molar-refractivity contribution is 7.92. The zero-order chi connectivity index (χ0) is 16.5. The van der Waals surface area contributed by atoms with Crippen molar-refractivity contribution in [3.63, 3.8) is 0 Å². The Bertz CT molecular complexity index is 696. The number of carboxylic acids is 1. The minimum Gasteiger partial charge on any atom is -0.481 e. The molecule has 1 saturated heterocycles. The van der Waals surface area contributed by atoms with Crippen LogP contribution >= 0.6 is 0 Å². The lowest BCUT2D eigenvalue weighted by Crippen LogP contribution is -2.31. The van der Waals surface area contributed by atoms with Crippen molar-refractivity contribution in [1.29, 1.82) is 0 Å². The number of carbonyl (C=O) groups is 2. The van der Waals surface area contributed by atoms with Crippen molar-refractivity contribution in [2.45, 2.75) is 30.4 Å². The molecule has 0 bridgehead atoms. The third kappa shape index (κ3) is 2.99. The third-order valence-electron chi connectivity index (χ3n) is 3.87. The van der Waals surface area contributed by atoms with Crippen LogP contribution in [0.5, 0.6) is 0 Å². The van der Waals surface area contributed by atoms with Gasteiger partial charge in [-0.25, -0.2) is 8.42 Å². The van der Waals surface area contributed by atoms with E-state index in [9.17, 15) is 18.0 Å². The van der Waals surface area contributed by atoms with Gasteiger partial charge in [-0.1, -0.05) is 12.1 Å². The molecule has 0 unspecified atom stereocenters. The maximum absolute atomic E-state index is 12.6. The van der Waals surface area contributed by atoms with Crippen LogP contribution in [-0.4, -0.2) is 48.6 Å². The fourth-order valence-electron chi connectivity index (χ4n) is 2.46. The second-order valence-corrected chi connectivity index (χ2v) is 8.14. The minimum atomic E-state index is -3.58. The van der Waals surface area contributed by atoms with Gasteiger partial charge in [0.25, 0.3) is 5.91 Å². The van der Waals surface area contributed by atoms with Crippen LogP contribution in [-0.2, 0) is 14.6 Å². The molecule has 6 nitrogen and oxygen atoms in total. The van der Waals surface area contributed by atoms with Crippen LogP contribution < -0.4 is 0 Å². The first-order valence-electron chi connectivity index (χ1n) is 7.10. The van der Waals surface area contributed by atoms with Crippen molar-refractivity contribution < 1.29 is 23.1 Å². The number of rotatable bonds is 4. The molecule has 120 valence electrons. The Morgan fingerprint density at radius 3 is 2.45 bits per heavy atom. The van der Waals surface area contributed by atoms with Crippen molar-refractivity contribution >= 4 is 21.7 Å². The van der Waals surface area contributed by atoms with Gasteiger partial charge in [-0.05, 0) is 32.4 Å². The Morgan fingerprint density at radius 1 is 1.27 bits per heavy atom. The van der Waals surface area contributed by atoms with Crippen LogP contribution in [0.1, 0.15) is 30.6 Å². The van der Waals surface area contributed by atoms with E-state index in [0.29, 0.717) is 13.0 Å². The lowest BCUT2D eigenvalue weighted by atomic mass is 10.1. The summed E-state index contributed by atoms with van der Waals surface area (Å²) in [6, 6.07) is 6.09. The number of sulfone groups is 1. The summed E-state index contributed by atoms with van der Waals surface area (Å²) in [7, 11) is -3.58. The van der Waals surface area contributed by atoms with Crippen LogP contribution in [0.25, 0.3) is 0 Å². The Balaban J connectivity index is 2.35. The number of carbonyl (C=O) groups excluding carboxylic acids is 1. The van der Waals surface area contributed by atoms with E-state index >= 15 is 0 Å². The zero-order valence-electron chi connectivity index (χ0n) is 12.5. The van der Waals surface area contributed by atoms with Gasteiger partial charge in [0, 0.05) is 13.1 Å². The van der Waals surface area contributed by atoms with Gasteiger partial charge in [-0.3, -0.25) is 9.59 Å². The molecule has 0 aliphatic carbocycles. The van der Waals surface area contributed by atoms with Gasteiger partial charge in [0.05, 0.1) is 21.6 Å². The van der Waals surface area contributed by atoms with Gasteiger partial charge >= 0.3 is 5.97 Å². The lowest BCUT2D eigenvalue weighted by molar-refractivity contribution is -0.141. The maximum Gasteiger partial charge on any atom is 0.308 e. The summed E-state index contributed by atoms with van der Waals surface area (Å²) >= 11 is 0. The van der Waals surface area contributed by atoms with Crippen LogP contribution in [0.15, 0.2) is 29.2 Å². The number of hydrogen-bond acceptors (Lipinski definition) is 4. The third-order valence-corrected chi connectivity index (χ3v) is 6.08. The van der Waals surface area contributed by atoms with Gasteiger partial charge in [0.2, 0.25) is 0 Å². The minimum absolute atomic E-state index is 0.00813. The molecule has 1 aromatic carbocycles. The summed E-state index contributed by atoms with van der Waals surface area (Å²) in [6.07, 6.45) is 0.389. The van der Waals surface area contributed by atoms with E-state index in [0.717, 1.165) is 0 Å². The number of aliphatic carboxylic acids is 1. The predicted octanol–water partition coefficient (Wildman–Crippen LogP) is 1.42. The van der Waals surface area contributed by atoms with Crippen molar-refractivity contribution in [1.82, 2.24) is 4.90 Å². The molecule has 0 radical (unpaired) electrons. The summed E-state index contributed by atoms with van der Waals surface area (Å²) in [4.78, 5) is 25.0. The van der Waals surface area contributed by atoms with Crippen LogP contribution in [0.4, 0.5) is 0 Å². The first-order chi connectivity index (χ1) is 10.2. The van der Waals surface area contributed by atoms with E-state index in [4.69, 9.17) is 5.11 Å². The summed E-state index contributed by atoms with van der Waals surface area (Å²) in [6.45, 7) is 3.57. The molecule has 1 heterocycles. The Labute approximate surface area is 129 Å². The summed E-state index contributed by atoms with van der Waals surface area (Å²) in [5, 5.41) is 8.37. The molecule has 1 atom stereocenters. The molecule has 1 aromatic rings. The molecule has 1 aliphatic heterocycles. The molecule has 0 aromatic heterocycles. The maximum atomic E-state index is 12.6. The van der Waals surface area contributed by atoms with E-state index in [-0.39, 0.29) is 17.0 Å². The van der Waals surface area contributed by atoms with Crippen LogP contribution in [0.2, 0.25) is 0 Å². The average Bonchev–Trinajstić information content (AvgIpc) is 2.96. The number of benzene rings is 1. The second-order valence-electron chi connectivity index (χ2n) is 5.66. The molecular weight excluding hydrogens is 306 g/mol. The fraction of sp³-hybridized carbons (Fsp3) is 0.467. The smallest absolute Gasteiger partial charge is 0.308 e. The van der Waals surface area contributed by atoms with E-state index in [1.165, 1.54) is 17.0 Å². The molecule has 7 heteroatoms. The summed E-state index contributed by atoms with van der Waals surface area (Å²) in [5.41, 5.74) is 0.113. The van der Waals surface area contributed by atoms with Crippen molar-refractivity contribution in [3.05, 3.63) is 29.8 Å². The normalized spacial score (nSPS) is 18.7. The van der Waals surface area contributed by atoms with Crippen molar-refractivity contribution in [3.8, 4) is 0 Å². The molecule has 0 spiro atoms. The molecule has 0 saturated carbocycles. The monoisotopic (exact) mass is 325 g/mol. The number of nitrogens with zero attached hydrogens (tertiary/aromatic N) is 1. The van der Waals surface area contributed by atoms with Crippen molar-refractivity contribution in [2.24, 2.45) is 5.92 Å². The molecule has 2 rings (SSSR count). The van der Waals surface area contributed by atoms with Gasteiger partial charge < -0.3 is 10.0 Å². The first kappa shape index (κ1) is 16.5. The lowest BCUT2D eigenvalue weighted by Gasteiger charge is -2.19. The van der Waals surface area contributed by atoms with E-state index in [1.807, 2.05) is 0 Å². The molecule has 22 heavy (non-hydrogen) atoms. The fourth-order valence-corrected chi connectivity index (χ4v) is 3.70. The largest absolute Gasteiger partial charge is 0.481 e. The van der Waals surface area contributed by atoms with Gasteiger partial charge in [0.15, 0.2) is 9.84 Å². The Morgan fingerprint density at radius 2 is 1.91 bits per heavy atom. The molecule has 1 amide bonds. The highest BCUT2D eigenvalue weighted by atomic mass is 32.2. The number of amides is 1. The van der Waals surface area contributed by atoms with E-state index < -0.39 is 32.9 Å². The number of carboxylic acid groups (broad SMARTS) is 1. The number of hydrogen-bond donors (Lipinski definition) is 1. The zero-order valence-corrected chi connectivity index (χ0v) is 13.3. The topological polar surface area (TPSA) is 91.8 Å². The standard InChI is InChI=1S/C15H19NO5S/c1-10(2)22(20,21)13-6-4-3-5-12(13)14(17)16-8-7-11(9-16)15(18)19/h3-6,10-11H,7-9H2,1-2H3,(H,18,19)/t11-/m1/s1. The van der Waals surface area contributed by atoms with Crippen LogP contribution in [0, 0.1) is 5.92 Å². The SMILES string of the molecule is CC(C)S(=O)(=O)c1ccccc1C(=O)N1CC[C@@H](C(=O)O)C1. The number of likely N-dealkylation sites (tertiary alicyclic amines) is 1. The summed E-state index contributed by atoms with van der Waals surface area (Å²) in [5.74, 6) is -1.94. The van der Waals surface area contributed by atoms with Crippen molar-refractivity contribution in [2.75, 3.05) is 13.1 Å². The van der Waals surface area contributed by atoms with Gasteiger partial charge in [0.1, 0.15) is 0 Å². The molecule has 1 fully saturated rings.